The van der Waals surface area contributed by atoms with Crippen molar-refractivity contribution in [1.29, 1.82) is 0 Å². The molecule has 0 aliphatic heterocycles. The Morgan fingerprint density at radius 3 is 1.75 bits per heavy atom. The molecule has 2 aromatic heterocycles. The second-order valence-electron chi connectivity index (χ2n) is 13.8. The molecule has 9 nitrogen and oxygen atoms in total. The molecule has 6 rings (SSSR count). The first kappa shape index (κ1) is 34.5. The lowest BCUT2D eigenvalue weighted by Crippen LogP contribution is -2.44. The molecule has 3 N–H and O–H groups in total. The number of ether oxygens (including phenoxy) is 2. The van der Waals surface area contributed by atoms with E-state index in [-0.39, 0.29) is 0 Å². The Morgan fingerprint density at radius 2 is 1.23 bits per heavy atom. The fraction of sp³-hybridized carbons (Fsp3) is 0.459. The van der Waals surface area contributed by atoms with E-state index in [9.17, 15) is 10.2 Å². The van der Waals surface area contributed by atoms with Crippen LogP contribution in [0.1, 0.15) is 63.8 Å². The van der Waals surface area contributed by atoms with E-state index in [0.717, 1.165) is 68.3 Å². The highest BCUT2D eigenvalue weighted by Crippen LogP contribution is 2.43. The number of nitrogens with zero attached hydrogens (tertiary/aromatic N) is 4. The van der Waals surface area contributed by atoms with Crippen LogP contribution in [0.3, 0.4) is 0 Å². The summed E-state index contributed by atoms with van der Waals surface area (Å²) in [5, 5.41) is 24.4. The number of nitrogens with one attached hydrogen (secondary N) is 1. The molecule has 0 spiro atoms. The van der Waals surface area contributed by atoms with Crippen molar-refractivity contribution in [2.75, 3.05) is 20.8 Å². The molecule has 48 heavy (non-hydrogen) atoms. The molecule has 2 aliphatic rings. The van der Waals surface area contributed by atoms with Gasteiger partial charge < -0.3 is 25.0 Å². The maximum atomic E-state index is 10.0. The minimum absolute atomic E-state index is 0.425. The van der Waals surface area contributed by atoms with Crippen molar-refractivity contribution >= 4 is 23.2 Å². The average molecular weight is 693 g/mol. The number of methoxy groups -OCH3 is 2. The van der Waals surface area contributed by atoms with E-state index in [1.165, 1.54) is 0 Å². The average Bonchev–Trinajstić information content (AvgIpc) is 3.03. The van der Waals surface area contributed by atoms with Crippen LogP contribution < -0.4 is 14.8 Å². The van der Waals surface area contributed by atoms with Gasteiger partial charge in [0.25, 0.3) is 0 Å². The van der Waals surface area contributed by atoms with Gasteiger partial charge in [0.05, 0.1) is 59.2 Å². The Hall–Kier alpha value is -3.34. The van der Waals surface area contributed by atoms with Crippen molar-refractivity contribution in [2.45, 2.75) is 76.5 Å². The van der Waals surface area contributed by atoms with Gasteiger partial charge >= 0.3 is 0 Å². The third-order valence-electron chi connectivity index (χ3n) is 9.51. The minimum Gasteiger partial charge on any atom is -0.480 e. The standard InChI is InChI=1S/C37H43Cl2N5O4/c1-36(45)14-22(15-36)8-5-13-28-34(47-3)43-29(20-41-28)26-11-6-9-24(32(26)38)25-10-7-12-27(33(25)39)30-21-42-31(35(44-30)48-4)19-40-18-23-16-37(2,46)17-23/h6-7,9-12,20-23,40,45-46H,5,8,13-19H2,1-4H3. The molecule has 4 aromatic rings. The first-order valence-corrected chi connectivity index (χ1v) is 17.3. The van der Waals surface area contributed by atoms with E-state index in [2.05, 4.69) is 10.3 Å². The Kier molecular flexibility index (Phi) is 10.3. The van der Waals surface area contributed by atoms with Crippen molar-refractivity contribution in [3.8, 4) is 45.4 Å². The highest BCUT2D eigenvalue weighted by Gasteiger charge is 2.38. The molecule has 11 heteroatoms. The van der Waals surface area contributed by atoms with E-state index in [4.69, 9.17) is 47.6 Å². The number of hydrogen-bond acceptors (Lipinski definition) is 9. The van der Waals surface area contributed by atoms with Crippen LogP contribution in [0.15, 0.2) is 48.8 Å². The molecule has 2 aromatic carbocycles. The van der Waals surface area contributed by atoms with Gasteiger partial charge in [0, 0.05) is 28.8 Å². The number of aromatic nitrogens is 4. The van der Waals surface area contributed by atoms with Crippen molar-refractivity contribution in [1.82, 2.24) is 25.3 Å². The quantitative estimate of drug-likeness (QED) is 0.132. The second-order valence-corrected chi connectivity index (χ2v) is 14.6. The lowest BCUT2D eigenvalue weighted by Gasteiger charge is -2.41. The molecule has 0 bridgehead atoms. The predicted octanol–water partition coefficient (Wildman–Crippen LogP) is 7.33. The van der Waals surface area contributed by atoms with Crippen LogP contribution in [0.25, 0.3) is 33.6 Å². The Morgan fingerprint density at radius 1 is 0.750 bits per heavy atom. The molecule has 2 fully saturated rings. The Balaban J connectivity index is 1.19. The summed E-state index contributed by atoms with van der Waals surface area (Å²) in [4.78, 5) is 18.9. The zero-order valence-corrected chi connectivity index (χ0v) is 29.4. The van der Waals surface area contributed by atoms with E-state index in [0.29, 0.717) is 68.4 Å². The third kappa shape index (κ3) is 7.61. The molecule has 0 saturated heterocycles. The van der Waals surface area contributed by atoms with Gasteiger partial charge in [-0.2, -0.15) is 0 Å². The van der Waals surface area contributed by atoms with Crippen LogP contribution in [0.5, 0.6) is 11.8 Å². The Labute approximate surface area is 292 Å². The van der Waals surface area contributed by atoms with Crippen molar-refractivity contribution < 1.29 is 19.7 Å². The van der Waals surface area contributed by atoms with E-state index >= 15 is 0 Å². The number of hydrogen-bond donors (Lipinski definition) is 3. The maximum Gasteiger partial charge on any atom is 0.237 e. The summed E-state index contributed by atoms with van der Waals surface area (Å²) in [6.45, 7) is 5.08. The van der Waals surface area contributed by atoms with Gasteiger partial charge in [-0.25, -0.2) is 9.97 Å². The molecular formula is C37H43Cl2N5O4. The fourth-order valence-electron chi connectivity index (χ4n) is 7.22. The maximum absolute atomic E-state index is 10.0. The van der Waals surface area contributed by atoms with Crippen LogP contribution >= 0.6 is 23.2 Å². The molecular weight excluding hydrogens is 649 g/mol. The summed E-state index contributed by atoms with van der Waals surface area (Å²) in [6.07, 6.45) is 9.50. The highest BCUT2D eigenvalue weighted by atomic mass is 35.5. The summed E-state index contributed by atoms with van der Waals surface area (Å²) in [6, 6.07) is 11.5. The van der Waals surface area contributed by atoms with E-state index < -0.39 is 11.2 Å². The largest absolute Gasteiger partial charge is 0.480 e. The molecule has 2 saturated carbocycles. The molecule has 2 aliphatic carbocycles. The van der Waals surface area contributed by atoms with Crippen LogP contribution in [-0.2, 0) is 13.0 Å². The zero-order chi connectivity index (χ0) is 34.1. The van der Waals surface area contributed by atoms with Crippen LogP contribution in [0.2, 0.25) is 10.0 Å². The fourth-order valence-corrected chi connectivity index (χ4v) is 7.87. The van der Waals surface area contributed by atoms with Crippen LogP contribution in [-0.4, -0.2) is 62.1 Å². The van der Waals surface area contributed by atoms with Crippen molar-refractivity contribution in [3.63, 3.8) is 0 Å². The lowest BCUT2D eigenvalue weighted by molar-refractivity contribution is -0.0597. The second kappa shape index (κ2) is 14.3. The number of rotatable bonds is 13. The van der Waals surface area contributed by atoms with Crippen molar-refractivity contribution in [2.24, 2.45) is 11.8 Å². The summed E-state index contributed by atoms with van der Waals surface area (Å²) in [5.41, 5.74) is 4.56. The normalized spacial score (nSPS) is 23.3. The SMILES string of the molecule is COc1nc(-c2cccc(-c3cccc(-c4cnc(CNCC5CC(C)(O)C5)c(OC)n4)c3Cl)c2Cl)cnc1CCCC1CC(C)(O)C1. The monoisotopic (exact) mass is 691 g/mol. The molecule has 254 valence electrons. The molecule has 0 radical (unpaired) electrons. The van der Waals surface area contributed by atoms with Gasteiger partial charge in [-0.1, -0.05) is 59.6 Å². The zero-order valence-electron chi connectivity index (χ0n) is 27.9. The number of aryl methyl sites for hydroxylation is 1. The topological polar surface area (TPSA) is 123 Å². The summed E-state index contributed by atoms with van der Waals surface area (Å²) in [5.74, 6) is 1.92. The molecule has 0 unspecified atom stereocenters. The lowest BCUT2D eigenvalue weighted by atomic mass is 9.70. The molecule has 0 amide bonds. The van der Waals surface area contributed by atoms with Gasteiger partial charge in [0.15, 0.2) is 0 Å². The number of halogens is 2. The van der Waals surface area contributed by atoms with Gasteiger partial charge in [0.2, 0.25) is 11.8 Å². The van der Waals surface area contributed by atoms with Crippen molar-refractivity contribution in [3.05, 3.63) is 70.2 Å². The summed E-state index contributed by atoms with van der Waals surface area (Å²) >= 11 is 14.1. The molecule has 0 atom stereocenters. The summed E-state index contributed by atoms with van der Waals surface area (Å²) in [7, 11) is 3.18. The minimum atomic E-state index is -0.543. The molecule has 2 heterocycles. The van der Waals surface area contributed by atoms with E-state index in [1.54, 1.807) is 26.6 Å². The smallest absolute Gasteiger partial charge is 0.237 e. The first-order valence-electron chi connectivity index (χ1n) is 16.5. The predicted molar refractivity (Wildman–Crippen MR) is 188 cm³/mol. The van der Waals surface area contributed by atoms with Gasteiger partial charge in [-0.05, 0) is 77.2 Å². The van der Waals surface area contributed by atoms with Crippen LogP contribution in [0.4, 0.5) is 0 Å². The first-order chi connectivity index (χ1) is 23.0. The van der Waals surface area contributed by atoms with Gasteiger partial charge in [-0.3, -0.25) is 9.97 Å². The summed E-state index contributed by atoms with van der Waals surface area (Å²) < 4.78 is 11.2. The highest BCUT2D eigenvalue weighted by molar-refractivity contribution is 6.39. The van der Waals surface area contributed by atoms with Gasteiger partial charge in [0.1, 0.15) is 11.4 Å². The van der Waals surface area contributed by atoms with Gasteiger partial charge in [-0.15, -0.1) is 0 Å². The Bertz CT molecular complexity index is 1640. The van der Waals surface area contributed by atoms with Crippen LogP contribution in [0, 0.1) is 11.8 Å². The third-order valence-corrected chi connectivity index (χ3v) is 10.3. The number of benzene rings is 2. The number of aliphatic hydroxyl groups is 2. The van der Waals surface area contributed by atoms with E-state index in [1.807, 2.05) is 50.2 Å².